The van der Waals surface area contributed by atoms with E-state index in [1.54, 1.807) is 11.0 Å². The van der Waals surface area contributed by atoms with Gasteiger partial charge in [0, 0.05) is 17.8 Å². The van der Waals surface area contributed by atoms with Crippen molar-refractivity contribution < 1.29 is 9.72 Å². The summed E-state index contributed by atoms with van der Waals surface area (Å²) in [6, 6.07) is 10.4. The summed E-state index contributed by atoms with van der Waals surface area (Å²) in [4.78, 5) is 24.3. The van der Waals surface area contributed by atoms with Gasteiger partial charge in [0.25, 0.3) is 5.69 Å². The van der Waals surface area contributed by atoms with E-state index in [4.69, 9.17) is 0 Å². The van der Waals surface area contributed by atoms with E-state index in [9.17, 15) is 14.9 Å². The van der Waals surface area contributed by atoms with Crippen LogP contribution in [0.15, 0.2) is 36.4 Å². The third-order valence-electron chi connectivity index (χ3n) is 3.85. The van der Waals surface area contributed by atoms with Crippen molar-refractivity contribution in [1.29, 1.82) is 0 Å². The lowest BCUT2D eigenvalue weighted by atomic mass is 10.1. The van der Waals surface area contributed by atoms with Gasteiger partial charge >= 0.3 is 0 Å². The zero-order valence-corrected chi connectivity index (χ0v) is 11.8. The molecule has 1 aliphatic heterocycles. The van der Waals surface area contributed by atoms with Crippen LogP contribution in [-0.2, 0) is 11.2 Å². The van der Waals surface area contributed by atoms with E-state index in [0.717, 1.165) is 22.5 Å². The molecule has 0 unspecified atom stereocenters. The van der Waals surface area contributed by atoms with E-state index in [0.29, 0.717) is 5.56 Å². The number of non-ortho nitro benzene ring substituents is 1. The molecule has 106 valence electrons. The maximum Gasteiger partial charge on any atom is 0.269 e. The number of carbonyl (C=O) groups excluding carboxylic acids is 1. The number of nitro benzene ring substituents is 1. The Hall–Kier alpha value is -2.69. The summed E-state index contributed by atoms with van der Waals surface area (Å²) in [5, 5.41) is 10.8. The number of carbonyl (C=O) groups is 1. The highest BCUT2D eigenvalue weighted by Crippen LogP contribution is 2.37. The lowest BCUT2D eigenvalue weighted by Gasteiger charge is -2.18. The number of rotatable bonds is 2. The largest absolute Gasteiger partial charge is 0.280 e. The highest BCUT2D eigenvalue weighted by atomic mass is 16.6. The summed E-state index contributed by atoms with van der Waals surface area (Å²) in [5.41, 5.74) is 4.52. The predicted molar refractivity (Wildman–Crippen MR) is 79.9 cm³/mol. The van der Waals surface area contributed by atoms with Crippen molar-refractivity contribution in [2.24, 2.45) is 0 Å². The molecule has 0 saturated heterocycles. The minimum atomic E-state index is -0.441. The molecule has 0 aromatic heterocycles. The highest BCUT2D eigenvalue weighted by Gasteiger charge is 2.30. The molecule has 0 bridgehead atoms. The summed E-state index contributed by atoms with van der Waals surface area (Å²) >= 11 is 0. The van der Waals surface area contributed by atoms with Gasteiger partial charge in [0.15, 0.2) is 0 Å². The molecule has 0 N–H and O–H groups in total. The summed E-state index contributed by atoms with van der Waals surface area (Å²) in [6.45, 7) is 4.01. The highest BCUT2D eigenvalue weighted by molar-refractivity contribution is 6.07. The van der Waals surface area contributed by atoms with Crippen molar-refractivity contribution in [2.45, 2.75) is 20.3 Å². The molecule has 1 heterocycles. The van der Waals surface area contributed by atoms with Crippen molar-refractivity contribution in [3.63, 3.8) is 0 Å². The monoisotopic (exact) mass is 282 g/mol. The Kier molecular flexibility index (Phi) is 2.97. The lowest BCUT2D eigenvalue weighted by molar-refractivity contribution is -0.384. The summed E-state index contributed by atoms with van der Waals surface area (Å²) in [6.07, 6.45) is 0.198. The van der Waals surface area contributed by atoms with E-state index < -0.39 is 4.92 Å². The fourth-order valence-electron chi connectivity index (χ4n) is 2.57. The molecule has 0 saturated carbocycles. The van der Waals surface area contributed by atoms with Crippen LogP contribution in [0.4, 0.5) is 17.1 Å². The number of fused-ring (bicyclic) bond motifs is 1. The Labute approximate surface area is 122 Å². The van der Waals surface area contributed by atoms with E-state index in [-0.39, 0.29) is 18.0 Å². The number of anilines is 2. The van der Waals surface area contributed by atoms with Gasteiger partial charge in [-0.15, -0.1) is 0 Å². The van der Waals surface area contributed by atoms with Gasteiger partial charge in [-0.05, 0) is 48.7 Å². The molecule has 5 nitrogen and oxygen atoms in total. The van der Waals surface area contributed by atoms with Crippen LogP contribution in [-0.4, -0.2) is 10.8 Å². The molecule has 5 heteroatoms. The SMILES string of the molecule is Cc1ccc(N2C(=O)Cc3cc([N+](=O)[O-])ccc32)cc1C. The molecular weight excluding hydrogens is 268 g/mol. The normalized spacial score (nSPS) is 13.4. The van der Waals surface area contributed by atoms with E-state index in [2.05, 4.69) is 0 Å². The molecule has 2 aromatic carbocycles. The van der Waals surface area contributed by atoms with Gasteiger partial charge in [-0.25, -0.2) is 0 Å². The summed E-state index contributed by atoms with van der Waals surface area (Å²) < 4.78 is 0. The second-order valence-electron chi connectivity index (χ2n) is 5.24. The quantitative estimate of drug-likeness (QED) is 0.626. The number of benzene rings is 2. The third kappa shape index (κ3) is 2.16. The first-order chi connectivity index (χ1) is 9.97. The fraction of sp³-hybridized carbons (Fsp3) is 0.188. The number of hydrogen-bond acceptors (Lipinski definition) is 3. The zero-order chi connectivity index (χ0) is 15.1. The van der Waals surface area contributed by atoms with Gasteiger partial charge in [0.1, 0.15) is 0 Å². The van der Waals surface area contributed by atoms with E-state index >= 15 is 0 Å². The molecule has 0 aliphatic carbocycles. The molecule has 1 amide bonds. The number of nitro groups is 1. The minimum absolute atomic E-state index is 0.0171. The molecule has 1 aliphatic rings. The molecule has 3 rings (SSSR count). The lowest BCUT2D eigenvalue weighted by Crippen LogP contribution is -2.20. The van der Waals surface area contributed by atoms with Gasteiger partial charge in [0.05, 0.1) is 17.0 Å². The van der Waals surface area contributed by atoms with Gasteiger partial charge in [0.2, 0.25) is 5.91 Å². The first kappa shape index (κ1) is 13.3. The first-order valence-electron chi connectivity index (χ1n) is 6.65. The molecule has 0 atom stereocenters. The van der Waals surface area contributed by atoms with Crippen LogP contribution in [0.5, 0.6) is 0 Å². The number of amides is 1. The van der Waals surface area contributed by atoms with Gasteiger partial charge in [-0.1, -0.05) is 6.07 Å². The van der Waals surface area contributed by atoms with Crippen molar-refractivity contribution in [2.75, 3.05) is 4.90 Å². The van der Waals surface area contributed by atoms with Crippen LogP contribution in [0.2, 0.25) is 0 Å². The van der Waals surface area contributed by atoms with Crippen LogP contribution < -0.4 is 4.90 Å². The van der Waals surface area contributed by atoms with Crippen molar-refractivity contribution in [3.8, 4) is 0 Å². The van der Waals surface area contributed by atoms with Gasteiger partial charge < -0.3 is 0 Å². The van der Waals surface area contributed by atoms with E-state index in [1.807, 2.05) is 32.0 Å². The average molecular weight is 282 g/mol. The number of nitrogens with zero attached hydrogens (tertiary/aromatic N) is 2. The Balaban J connectivity index is 2.08. The molecule has 0 radical (unpaired) electrons. The summed E-state index contributed by atoms with van der Waals surface area (Å²) in [5.74, 6) is -0.0613. The first-order valence-corrected chi connectivity index (χ1v) is 6.65. The summed E-state index contributed by atoms with van der Waals surface area (Å²) in [7, 11) is 0. The topological polar surface area (TPSA) is 63.5 Å². The maximum atomic E-state index is 12.3. The second-order valence-corrected chi connectivity index (χ2v) is 5.24. The van der Waals surface area contributed by atoms with Crippen LogP contribution in [0.3, 0.4) is 0 Å². The molecule has 2 aromatic rings. The Bertz CT molecular complexity index is 768. The Morgan fingerprint density at radius 2 is 1.86 bits per heavy atom. The number of hydrogen-bond donors (Lipinski definition) is 0. The number of aryl methyl sites for hydroxylation is 2. The molecular formula is C16H14N2O3. The predicted octanol–water partition coefficient (Wildman–Crippen LogP) is 3.43. The maximum absolute atomic E-state index is 12.3. The Morgan fingerprint density at radius 3 is 2.52 bits per heavy atom. The van der Waals surface area contributed by atoms with Gasteiger partial charge in [-0.2, -0.15) is 0 Å². The third-order valence-corrected chi connectivity index (χ3v) is 3.85. The van der Waals surface area contributed by atoms with E-state index in [1.165, 1.54) is 12.1 Å². The fourth-order valence-corrected chi connectivity index (χ4v) is 2.57. The van der Waals surface area contributed by atoms with Crippen LogP contribution >= 0.6 is 0 Å². The van der Waals surface area contributed by atoms with Crippen LogP contribution in [0, 0.1) is 24.0 Å². The average Bonchev–Trinajstić information content (AvgIpc) is 2.76. The van der Waals surface area contributed by atoms with Crippen LogP contribution in [0.1, 0.15) is 16.7 Å². The smallest absolute Gasteiger partial charge is 0.269 e. The standard InChI is InChI=1S/C16H14N2O3/c1-10-3-4-13(7-11(10)2)17-15-6-5-14(18(20)21)8-12(15)9-16(17)19/h3-8H,9H2,1-2H3. The van der Waals surface area contributed by atoms with Crippen molar-refractivity contribution in [3.05, 3.63) is 63.2 Å². The molecule has 0 spiro atoms. The molecule has 0 fully saturated rings. The Morgan fingerprint density at radius 1 is 1.10 bits per heavy atom. The minimum Gasteiger partial charge on any atom is -0.280 e. The van der Waals surface area contributed by atoms with Crippen molar-refractivity contribution in [1.82, 2.24) is 0 Å². The van der Waals surface area contributed by atoms with Gasteiger partial charge in [-0.3, -0.25) is 19.8 Å². The molecule has 21 heavy (non-hydrogen) atoms. The van der Waals surface area contributed by atoms with Crippen LogP contribution in [0.25, 0.3) is 0 Å². The van der Waals surface area contributed by atoms with Crippen molar-refractivity contribution >= 4 is 23.0 Å². The second kappa shape index (κ2) is 4.70. The zero-order valence-electron chi connectivity index (χ0n) is 11.8.